The van der Waals surface area contributed by atoms with Crippen LogP contribution in [0.3, 0.4) is 0 Å². The van der Waals surface area contributed by atoms with Crippen LogP contribution in [0, 0.1) is 10.1 Å². The van der Waals surface area contributed by atoms with Crippen molar-refractivity contribution in [3.63, 3.8) is 0 Å². The van der Waals surface area contributed by atoms with Gasteiger partial charge in [-0.05, 0) is 31.2 Å². The number of amides is 1. The van der Waals surface area contributed by atoms with Crippen LogP contribution in [0.15, 0.2) is 42.5 Å². The van der Waals surface area contributed by atoms with Gasteiger partial charge in [0.2, 0.25) is 0 Å². The number of hydrogen-bond acceptors (Lipinski definition) is 7. The first-order chi connectivity index (χ1) is 13.4. The molecule has 0 saturated carbocycles. The summed E-state index contributed by atoms with van der Waals surface area (Å²) in [5, 5.41) is 12.0. The number of methoxy groups -OCH3 is 1. The van der Waals surface area contributed by atoms with Crippen LogP contribution >= 0.6 is 11.3 Å². The van der Waals surface area contributed by atoms with E-state index in [9.17, 15) is 14.9 Å². The Bertz CT molecular complexity index is 987. The van der Waals surface area contributed by atoms with Gasteiger partial charge in [0.25, 0.3) is 5.91 Å². The summed E-state index contributed by atoms with van der Waals surface area (Å²) in [5.41, 5.74) is 0.634. The second-order valence-electron chi connectivity index (χ2n) is 6.08. The average molecular weight is 401 g/mol. The third-order valence-electron chi connectivity index (χ3n) is 4.36. The number of aromatic nitrogens is 1. The second kappa shape index (κ2) is 8.22. The van der Waals surface area contributed by atoms with Gasteiger partial charge in [0, 0.05) is 7.05 Å². The van der Waals surface area contributed by atoms with Crippen LogP contribution in [0.1, 0.15) is 18.0 Å². The number of hydrogen-bond donors (Lipinski definition) is 0. The van der Waals surface area contributed by atoms with Gasteiger partial charge in [-0.3, -0.25) is 14.9 Å². The number of nitro benzene ring substituents is 1. The Morgan fingerprint density at radius 3 is 2.75 bits per heavy atom. The van der Waals surface area contributed by atoms with Crippen molar-refractivity contribution in [2.24, 2.45) is 0 Å². The standard InChI is InChI=1S/C19H19N3O5S/c1-12(19-20-14-6-4-5-7-17(14)28-19)21(2)18(23)11-27-16-9-8-13(26-3)10-15(16)22(24)25/h4-10,12H,11H2,1-3H3/t12-/m1/s1. The molecular formula is C19H19N3O5S. The molecule has 3 aromatic rings. The van der Waals surface area contributed by atoms with Crippen LogP contribution in [0.4, 0.5) is 5.69 Å². The van der Waals surface area contributed by atoms with Crippen molar-refractivity contribution < 1.29 is 19.2 Å². The Labute approximate surface area is 165 Å². The van der Waals surface area contributed by atoms with Gasteiger partial charge in [0.1, 0.15) is 10.8 Å². The third-order valence-corrected chi connectivity index (χ3v) is 5.56. The number of fused-ring (bicyclic) bond motifs is 1. The van der Waals surface area contributed by atoms with Crippen molar-refractivity contribution in [1.82, 2.24) is 9.88 Å². The van der Waals surface area contributed by atoms with E-state index in [1.165, 1.54) is 35.5 Å². The molecule has 3 rings (SSSR count). The molecule has 146 valence electrons. The molecule has 1 amide bonds. The SMILES string of the molecule is COc1ccc(OCC(=O)N(C)[C@H](C)c2nc3ccccc3s2)c([N+](=O)[O-])c1. The Balaban J connectivity index is 1.69. The molecule has 0 saturated heterocycles. The van der Waals surface area contributed by atoms with Crippen LogP contribution < -0.4 is 9.47 Å². The maximum Gasteiger partial charge on any atom is 0.314 e. The highest BCUT2D eigenvalue weighted by atomic mass is 32.1. The minimum absolute atomic E-state index is 0.0141. The fourth-order valence-electron chi connectivity index (χ4n) is 2.58. The monoisotopic (exact) mass is 401 g/mol. The van der Waals surface area contributed by atoms with E-state index in [4.69, 9.17) is 9.47 Å². The molecule has 0 radical (unpaired) electrons. The van der Waals surface area contributed by atoms with Gasteiger partial charge >= 0.3 is 5.69 Å². The molecule has 0 fully saturated rings. The van der Waals surface area contributed by atoms with E-state index in [1.807, 2.05) is 31.2 Å². The third kappa shape index (κ3) is 4.04. The summed E-state index contributed by atoms with van der Waals surface area (Å²) in [7, 11) is 3.08. The zero-order chi connectivity index (χ0) is 20.3. The number of carbonyl (C=O) groups is 1. The lowest BCUT2D eigenvalue weighted by Gasteiger charge is -2.23. The number of carbonyl (C=O) groups excluding carboxylic acids is 1. The number of likely N-dealkylation sites (N-methyl/N-ethyl adjacent to an activating group) is 1. The molecule has 1 heterocycles. The fourth-order valence-corrected chi connectivity index (χ4v) is 3.64. The van der Waals surface area contributed by atoms with E-state index in [0.29, 0.717) is 5.75 Å². The van der Waals surface area contributed by atoms with Gasteiger partial charge in [0.05, 0.1) is 34.4 Å². The van der Waals surface area contributed by atoms with E-state index >= 15 is 0 Å². The fraction of sp³-hybridized carbons (Fsp3) is 0.263. The molecule has 0 aliphatic rings. The smallest absolute Gasteiger partial charge is 0.314 e. The van der Waals surface area contributed by atoms with Gasteiger partial charge in [-0.25, -0.2) is 4.98 Å². The Morgan fingerprint density at radius 1 is 1.32 bits per heavy atom. The lowest BCUT2D eigenvalue weighted by Crippen LogP contribution is -2.33. The van der Waals surface area contributed by atoms with Crippen molar-refractivity contribution >= 4 is 33.1 Å². The van der Waals surface area contributed by atoms with E-state index in [1.54, 1.807) is 13.1 Å². The molecule has 1 atom stereocenters. The van der Waals surface area contributed by atoms with Crippen LogP contribution in [0.5, 0.6) is 11.5 Å². The molecule has 0 N–H and O–H groups in total. The number of rotatable bonds is 7. The maximum absolute atomic E-state index is 12.5. The number of benzene rings is 2. The normalized spacial score (nSPS) is 11.8. The number of nitro groups is 1. The first-order valence-corrected chi connectivity index (χ1v) is 9.28. The summed E-state index contributed by atoms with van der Waals surface area (Å²) < 4.78 is 11.5. The predicted octanol–water partition coefficient (Wildman–Crippen LogP) is 3.81. The second-order valence-corrected chi connectivity index (χ2v) is 7.14. The summed E-state index contributed by atoms with van der Waals surface area (Å²) in [5.74, 6) is 0.0454. The Hall–Kier alpha value is -3.20. The zero-order valence-electron chi connectivity index (χ0n) is 15.6. The van der Waals surface area contributed by atoms with E-state index < -0.39 is 4.92 Å². The summed E-state index contributed by atoms with van der Waals surface area (Å²) in [6.45, 7) is 1.56. The molecule has 0 aliphatic carbocycles. The zero-order valence-corrected chi connectivity index (χ0v) is 16.4. The number of ether oxygens (including phenoxy) is 2. The first kappa shape index (κ1) is 19.6. The van der Waals surface area contributed by atoms with Crippen molar-refractivity contribution in [1.29, 1.82) is 0 Å². The molecule has 0 aliphatic heterocycles. The van der Waals surface area contributed by atoms with Gasteiger partial charge in [0.15, 0.2) is 12.4 Å². The first-order valence-electron chi connectivity index (χ1n) is 8.47. The molecular weight excluding hydrogens is 382 g/mol. The van der Waals surface area contributed by atoms with E-state index in [-0.39, 0.29) is 30.0 Å². The summed E-state index contributed by atoms with van der Waals surface area (Å²) in [4.78, 5) is 29.3. The highest BCUT2D eigenvalue weighted by Gasteiger charge is 2.23. The van der Waals surface area contributed by atoms with Gasteiger partial charge < -0.3 is 14.4 Å². The van der Waals surface area contributed by atoms with Crippen LogP contribution in [-0.4, -0.2) is 41.5 Å². The minimum Gasteiger partial charge on any atom is -0.496 e. The summed E-state index contributed by atoms with van der Waals surface area (Å²) >= 11 is 1.53. The Kier molecular flexibility index (Phi) is 5.74. The van der Waals surface area contributed by atoms with Gasteiger partial charge in [-0.1, -0.05) is 12.1 Å². The highest BCUT2D eigenvalue weighted by molar-refractivity contribution is 7.18. The number of para-hydroxylation sites is 1. The number of thiazole rings is 1. The summed E-state index contributed by atoms with van der Waals surface area (Å²) in [6.07, 6.45) is 0. The van der Waals surface area contributed by atoms with Gasteiger partial charge in [-0.2, -0.15) is 0 Å². The van der Waals surface area contributed by atoms with Crippen LogP contribution in [0.25, 0.3) is 10.2 Å². The topological polar surface area (TPSA) is 94.8 Å². The molecule has 0 unspecified atom stereocenters. The quantitative estimate of drug-likeness (QED) is 0.441. The van der Waals surface area contributed by atoms with Crippen molar-refractivity contribution in [3.05, 3.63) is 57.6 Å². The van der Waals surface area contributed by atoms with Crippen molar-refractivity contribution in [2.45, 2.75) is 13.0 Å². The molecule has 8 nitrogen and oxygen atoms in total. The Morgan fingerprint density at radius 2 is 2.07 bits per heavy atom. The molecule has 9 heteroatoms. The van der Waals surface area contributed by atoms with Crippen molar-refractivity contribution in [3.8, 4) is 11.5 Å². The van der Waals surface area contributed by atoms with Crippen LogP contribution in [-0.2, 0) is 4.79 Å². The van der Waals surface area contributed by atoms with E-state index in [2.05, 4.69) is 4.98 Å². The van der Waals surface area contributed by atoms with Crippen molar-refractivity contribution in [2.75, 3.05) is 20.8 Å². The van der Waals surface area contributed by atoms with E-state index in [0.717, 1.165) is 15.2 Å². The highest BCUT2D eigenvalue weighted by Crippen LogP contribution is 2.32. The average Bonchev–Trinajstić information content (AvgIpc) is 3.14. The summed E-state index contributed by atoms with van der Waals surface area (Å²) in [6, 6.07) is 11.7. The molecule has 28 heavy (non-hydrogen) atoms. The largest absolute Gasteiger partial charge is 0.496 e. The lowest BCUT2D eigenvalue weighted by atomic mass is 10.2. The molecule has 1 aromatic heterocycles. The lowest BCUT2D eigenvalue weighted by molar-refractivity contribution is -0.385. The maximum atomic E-state index is 12.5. The predicted molar refractivity (Wildman–Crippen MR) is 106 cm³/mol. The van der Waals surface area contributed by atoms with Crippen LogP contribution in [0.2, 0.25) is 0 Å². The molecule has 2 aromatic carbocycles. The number of nitrogens with zero attached hydrogens (tertiary/aromatic N) is 3. The minimum atomic E-state index is -0.574. The molecule has 0 spiro atoms. The molecule has 0 bridgehead atoms. The van der Waals surface area contributed by atoms with Gasteiger partial charge in [-0.15, -0.1) is 11.3 Å².